The molecule has 4 nitrogen and oxygen atoms in total. The van der Waals surface area contributed by atoms with Crippen molar-refractivity contribution in [1.82, 2.24) is 4.72 Å². The number of hydrogen-bond acceptors (Lipinski definition) is 4. The van der Waals surface area contributed by atoms with Crippen LogP contribution in [-0.4, -0.2) is 28.2 Å². The second kappa shape index (κ2) is 6.49. The third kappa shape index (κ3) is 4.39. The predicted molar refractivity (Wildman–Crippen MR) is 70.1 cm³/mol. The number of ether oxygens (including phenoxy) is 1. The first-order chi connectivity index (χ1) is 7.97. The molecule has 0 aliphatic carbocycles. The quantitative estimate of drug-likeness (QED) is 0.776. The molecule has 0 unspecified atom stereocenters. The van der Waals surface area contributed by atoms with Gasteiger partial charge in [-0.2, -0.15) is 0 Å². The SMILES string of the molecule is CCOCCCNS(=O)(=O)c1cc(C)sc1C. The van der Waals surface area contributed by atoms with Gasteiger partial charge in [0.25, 0.3) is 0 Å². The van der Waals surface area contributed by atoms with Crippen molar-refractivity contribution in [3.63, 3.8) is 0 Å². The van der Waals surface area contributed by atoms with E-state index >= 15 is 0 Å². The Kier molecular flexibility index (Phi) is 5.58. The van der Waals surface area contributed by atoms with Gasteiger partial charge in [-0.15, -0.1) is 11.3 Å². The first kappa shape index (κ1) is 14.6. The summed E-state index contributed by atoms with van der Waals surface area (Å²) in [6, 6.07) is 1.71. The lowest BCUT2D eigenvalue weighted by atomic mass is 10.4. The Bertz CT molecular complexity index is 451. The highest BCUT2D eigenvalue weighted by Crippen LogP contribution is 2.24. The summed E-state index contributed by atoms with van der Waals surface area (Å²) in [6.45, 7) is 7.31. The summed E-state index contributed by atoms with van der Waals surface area (Å²) >= 11 is 1.50. The van der Waals surface area contributed by atoms with Gasteiger partial charge in [0.1, 0.15) is 0 Å². The van der Waals surface area contributed by atoms with Crippen molar-refractivity contribution in [2.45, 2.75) is 32.1 Å². The average Bonchev–Trinajstić information content (AvgIpc) is 2.58. The smallest absolute Gasteiger partial charge is 0.241 e. The molecule has 98 valence electrons. The van der Waals surface area contributed by atoms with Crippen LogP contribution in [0.1, 0.15) is 23.1 Å². The molecule has 0 amide bonds. The molecule has 0 spiro atoms. The van der Waals surface area contributed by atoms with Gasteiger partial charge in [0, 0.05) is 29.5 Å². The molecule has 1 heterocycles. The molecular formula is C11H19NO3S2. The lowest BCUT2D eigenvalue weighted by molar-refractivity contribution is 0.146. The van der Waals surface area contributed by atoms with Crippen LogP contribution in [0.4, 0.5) is 0 Å². The minimum Gasteiger partial charge on any atom is -0.382 e. The van der Waals surface area contributed by atoms with Crippen LogP contribution in [-0.2, 0) is 14.8 Å². The molecule has 17 heavy (non-hydrogen) atoms. The molecule has 1 N–H and O–H groups in total. The van der Waals surface area contributed by atoms with Gasteiger partial charge in [-0.1, -0.05) is 0 Å². The maximum atomic E-state index is 12.0. The van der Waals surface area contributed by atoms with E-state index in [0.29, 0.717) is 31.1 Å². The third-order valence-electron chi connectivity index (χ3n) is 2.25. The molecular weight excluding hydrogens is 258 g/mol. The number of thiophene rings is 1. The van der Waals surface area contributed by atoms with Gasteiger partial charge in [-0.25, -0.2) is 13.1 Å². The maximum absolute atomic E-state index is 12.0. The van der Waals surface area contributed by atoms with E-state index in [1.807, 2.05) is 20.8 Å². The highest BCUT2D eigenvalue weighted by Gasteiger charge is 2.18. The second-order valence-electron chi connectivity index (χ2n) is 3.73. The van der Waals surface area contributed by atoms with Crippen LogP contribution < -0.4 is 4.72 Å². The monoisotopic (exact) mass is 277 g/mol. The summed E-state index contributed by atoms with van der Waals surface area (Å²) in [5.74, 6) is 0. The molecule has 1 aromatic heterocycles. The lowest BCUT2D eigenvalue weighted by Crippen LogP contribution is -2.25. The van der Waals surface area contributed by atoms with E-state index in [1.54, 1.807) is 6.07 Å². The summed E-state index contributed by atoms with van der Waals surface area (Å²) in [5, 5.41) is 0. The fourth-order valence-electron chi connectivity index (χ4n) is 1.48. The van der Waals surface area contributed by atoms with Crippen molar-refractivity contribution < 1.29 is 13.2 Å². The van der Waals surface area contributed by atoms with Gasteiger partial charge in [0.05, 0.1) is 4.90 Å². The van der Waals surface area contributed by atoms with E-state index in [0.717, 1.165) is 9.75 Å². The number of hydrogen-bond donors (Lipinski definition) is 1. The van der Waals surface area contributed by atoms with Crippen molar-refractivity contribution >= 4 is 21.4 Å². The summed E-state index contributed by atoms with van der Waals surface area (Å²) in [4.78, 5) is 2.24. The zero-order valence-corrected chi connectivity index (χ0v) is 12.1. The topological polar surface area (TPSA) is 55.4 Å². The van der Waals surface area contributed by atoms with Crippen molar-refractivity contribution in [2.75, 3.05) is 19.8 Å². The molecule has 0 fully saturated rings. The van der Waals surface area contributed by atoms with Crippen molar-refractivity contribution in [2.24, 2.45) is 0 Å². The fraction of sp³-hybridized carbons (Fsp3) is 0.636. The minimum atomic E-state index is -3.35. The maximum Gasteiger partial charge on any atom is 0.241 e. The normalized spacial score (nSPS) is 11.9. The van der Waals surface area contributed by atoms with Gasteiger partial charge in [0.15, 0.2) is 0 Å². The molecule has 0 saturated carbocycles. The standard InChI is InChI=1S/C11H19NO3S2/c1-4-15-7-5-6-12-17(13,14)11-8-9(2)16-10(11)3/h8,12H,4-7H2,1-3H3. The van der Waals surface area contributed by atoms with E-state index in [-0.39, 0.29) is 0 Å². The van der Waals surface area contributed by atoms with E-state index < -0.39 is 10.0 Å². The van der Waals surface area contributed by atoms with Gasteiger partial charge >= 0.3 is 0 Å². The number of sulfonamides is 1. The highest BCUT2D eigenvalue weighted by molar-refractivity contribution is 7.89. The molecule has 0 aromatic carbocycles. The van der Waals surface area contributed by atoms with Crippen LogP contribution in [0.2, 0.25) is 0 Å². The Morgan fingerprint density at radius 1 is 1.41 bits per heavy atom. The zero-order chi connectivity index (χ0) is 12.9. The van der Waals surface area contributed by atoms with Crippen LogP contribution in [0.3, 0.4) is 0 Å². The Morgan fingerprint density at radius 3 is 2.65 bits per heavy atom. The Hall–Kier alpha value is -0.430. The predicted octanol–water partition coefficient (Wildman–Crippen LogP) is 2.07. The van der Waals surface area contributed by atoms with Crippen LogP contribution in [0, 0.1) is 13.8 Å². The summed E-state index contributed by atoms with van der Waals surface area (Å²) < 4.78 is 31.6. The first-order valence-electron chi connectivity index (χ1n) is 5.62. The van der Waals surface area contributed by atoms with Crippen LogP contribution >= 0.6 is 11.3 Å². The van der Waals surface area contributed by atoms with Crippen LogP contribution in [0.15, 0.2) is 11.0 Å². The molecule has 0 saturated heterocycles. The van der Waals surface area contributed by atoms with E-state index in [9.17, 15) is 8.42 Å². The largest absolute Gasteiger partial charge is 0.382 e. The van der Waals surface area contributed by atoms with Gasteiger partial charge in [0.2, 0.25) is 10.0 Å². The molecule has 1 aromatic rings. The van der Waals surface area contributed by atoms with Crippen molar-refractivity contribution in [3.05, 3.63) is 15.8 Å². The summed E-state index contributed by atoms with van der Waals surface area (Å²) in [7, 11) is -3.35. The lowest BCUT2D eigenvalue weighted by Gasteiger charge is -2.06. The molecule has 0 aliphatic heterocycles. The van der Waals surface area contributed by atoms with Crippen LogP contribution in [0.25, 0.3) is 0 Å². The first-order valence-corrected chi connectivity index (χ1v) is 7.91. The molecule has 1 rings (SSSR count). The highest BCUT2D eigenvalue weighted by atomic mass is 32.2. The van der Waals surface area contributed by atoms with E-state index in [2.05, 4.69) is 4.72 Å². The number of aryl methyl sites for hydroxylation is 2. The van der Waals surface area contributed by atoms with Crippen LogP contribution in [0.5, 0.6) is 0 Å². The van der Waals surface area contributed by atoms with Gasteiger partial charge in [-0.05, 0) is 33.3 Å². The summed E-state index contributed by atoms with van der Waals surface area (Å²) in [5.41, 5.74) is 0. The Balaban J connectivity index is 2.54. The summed E-state index contributed by atoms with van der Waals surface area (Å²) in [6.07, 6.45) is 0.690. The zero-order valence-electron chi connectivity index (χ0n) is 10.4. The number of nitrogens with one attached hydrogen (secondary N) is 1. The fourth-order valence-corrected chi connectivity index (χ4v) is 4.10. The Morgan fingerprint density at radius 2 is 2.12 bits per heavy atom. The molecule has 0 radical (unpaired) electrons. The molecule has 0 bridgehead atoms. The van der Waals surface area contributed by atoms with Gasteiger partial charge < -0.3 is 4.74 Å². The minimum absolute atomic E-state index is 0.399. The second-order valence-corrected chi connectivity index (χ2v) is 6.92. The number of rotatable bonds is 7. The third-order valence-corrected chi connectivity index (χ3v) is 4.93. The average molecular weight is 277 g/mol. The van der Waals surface area contributed by atoms with Crippen molar-refractivity contribution in [3.8, 4) is 0 Å². The van der Waals surface area contributed by atoms with Gasteiger partial charge in [-0.3, -0.25) is 0 Å². The Labute approximate surface area is 107 Å². The van der Waals surface area contributed by atoms with E-state index in [1.165, 1.54) is 11.3 Å². The molecule has 6 heteroatoms. The molecule has 0 aliphatic rings. The molecule has 0 atom stereocenters. The van der Waals surface area contributed by atoms with Crippen molar-refractivity contribution in [1.29, 1.82) is 0 Å². The van der Waals surface area contributed by atoms with E-state index in [4.69, 9.17) is 4.74 Å².